The summed E-state index contributed by atoms with van der Waals surface area (Å²) in [5, 5.41) is 0. The maximum atomic E-state index is 5.67. The van der Waals surface area contributed by atoms with Crippen LogP contribution in [0.1, 0.15) is 20.3 Å². The molecule has 3 nitrogen and oxygen atoms in total. The van der Waals surface area contributed by atoms with E-state index < -0.39 is 0 Å². The molecule has 0 N–H and O–H groups in total. The lowest BCUT2D eigenvalue weighted by Crippen LogP contribution is -2.30. The van der Waals surface area contributed by atoms with Gasteiger partial charge in [-0.25, -0.2) is 0 Å². The molecular formula is C11H18O3. The third-order valence-electron chi connectivity index (χ3n) is 2.68. The van der Waals surface area contributed by atoms with Gasteiger partial charge in [0.25, 0.3) is 0 Å². The standard InChI is InChI=1S/C11H18O3/c1-5-7-13-10-8(3)9(6-2)14-11(10)12-4/h1,8-11H,6-7H2,2-4H3/t8-,9-,10-,11-/m1/s1. The zero-order valence-corrected chi connectivity index (χ0v) is 9.03. The van der Waals surface area contributed by atoms with Crippen LogP contribution in [-0.2, 0) is 14.2 Å². The Kier molecular flexibility index (Phi) is 4.40. The third-order valence-corrected chi connectivity index (χ3v) is 2.68. The van der Waals surface area contributed by atoms with Gasteiger partial charge in [-0.3, -0.25) is 0 Å². The second-order valence-corrected chi connectivity index (χ2v) is 3.53. The Morgan fingerprint density at radius 3 is 2.71 bits per heavy atom. The van der Waals surface area contributed by atoms with Crippen LogP contribution in [-0.4, -0.2) is 32.2 Å². The minimum absolute atomic E-state index is 0.0407. The van der Waals surface area contributed by atoms with Crippen molar-refractivity contribution in [1.29, 1.82) is 0 Å². The van der Waals surface area contributed by atoms with Crippen LogP contribution in [0.2, 0.25) is 0 Å². The average Bonchev–Trinajstić information content (AvgIpc) is 2.52. The number of rotatable bonds is 4. The zero-order valence-electron chi connectivity index (χ0n) is 9.03. The molecule has 0 aromatic rings. The summed E-state index contributed by atoms with van der Waals surface area (Å²) in [6, 6.07) is 0. The molecule has 0 bridgehead atoms. The molecule has 1 aliphatic rings. The van der Waals surface area contributed by atoms with Crippen molar-refractivity contribution in [3.05, 3.63) is 0 Å². The molecule has 4 atom stereocenters. The SMILES string of the molecule is C#CCO[C@H]1[C@H](OC)O[C@H](CC)[C@H]1C. The third kappa shape index (κ3) is 2.27. The second-order valence-electron chi connectivity index (χ2n) is 3.53. The molecule has 1 heterocycles. The van der Waals surface area contributed by atoms with Crippen molar-refractivity contribution in [2.24, 2.45) is 5.92 Å². The Labute approximate surface area is 85.7 Å². The molecule has 1 saturated heterocycles. The van der Waals surface area contributed by atoms with Crippen LogP contribution in [0.15, 0.2) is 0 Å². The molecule has 0 aliphatic carbocycles. The molecule has 1 fully saturated rings. The molecule has 1 rings (SSSR count). The molecule has 80 valence electrons. The molecule has 0 radical (unpaired) electrons. The lowest BCUT2D eigenvalue weighted by atomic mass is 9.99. The first kappa shape index (κ1) is 11.5. The van der Waals surface area contributed by atoms with Crippen LogP contribution in [0.5, 0.6) is 0 Å². The molecule has 0 amide bonds. The molecular weight excluding hydrogens is 180 g/mol. The molecule has 14 heavy (non-hydrogen) atoms. The van der Waals surface area contributed by atoms with E-state index in [-0.39, 0.29) is 18.5 Å². The van der Waals surface area contributed by atoms with E-state index in [9.17, 15) is 0 Å². The van der Waals surface area contributed by atoms with Crippen LogP contribution < -0.4 is 0 Å². The van der Waals surface area contributed by atoms with Gasteiger partial charge in [-0.05, 0) is 6.42 Å². The lowest BCUT2D eigenvalue weighted by molar-refractivity contribution is -0.158. The van der Waals surface area contributed by atoms with Crippen molar-refractivity contribution in [1.82, 2.24) is 0 Å². The molecule has 0 spiro atoms. The number of methoxy groups -OCH3 is 1. The number of terminal acetylenes is 1. The van der Waals surface area contributed by atoms with Crippen molar-refractivity contribution in [2.45, 2.75) is 38.8 Å². The van der Waals surface area contributed by atoms with Crippen LogP contribution in [0.25, 0.3) is 0 Å². The summed E-state index contributed by atoms with van der Waals surface area (Å²) < 4.78 is 16.4. The van der Waals surface area contributed by atoms with Crippen LogP contribution in [0, 0.1) is 18.3 Å². The fraction of sp³-hybridized carbons (Fsp3) is 0.818. The zero-order chi connectivity index (χ0) is 10.6. The van der Waals surface area contributed by atoms with Gasteiger partial charge in [-0.2, -0.15) is 0 Å². The van der Waals surface area contributed by atoms with Gasteiger partial charge in [0.05, 0.1) is 6.10 Å². The highest BCUT2D eigenvalue weighted by atomic mass is 16.7. The van der Waals surface area contributed by atoms with Gasteiger partial charge in [0, 0.05) is 13.0 Å². The average molecular weight is 198 g/mol. The maximum Gasteiger partial charge on any atom is 0.184 e. The summed E-state index contributed by atoms with van der Waals surface area (Å²) in [6.07, 6.45) is 6.01. The molecule has 0 aromatic carbocycles. The maximum absolute atomic E-state index is 5.67. The van der Waals surface area contributed by atoms with E-state index in [1.54, 1.807) is 7.11 Å². The first-order valence-electron chi connectivity index (χ1n) is 4.97. The van der Waals surface area contributed by atoms with Crippen molar-refractivity contribution < 1.29 is 14.2 Å². The highest BCUT2D eigenvalue weighted by Crippen LogP contribution is 2.31. The summed E-state index contributed by atoms with van der Waals surface area (Å²) in [6.45, 7) is 4.51. The van der Waals surface area contributed by atoms with Crippen LogP contribution >= 0.6 is 0 Å². The normalized spacial score (nSPS) is 37.0. The molecule has 1 aliphatic heterocycles. The van der Waals surface area contributed by atoms with Gasteiger partial charge in [-0.15, -0.1) is 6.42 Å². The minimum Gasteiger partial charge on any atom is -0.360 e. The summed E-state index contributed by atoms with van der Waals surface area (Å²) >= 11 is 0. The summed E-state index contributed by atoms with van der Waals surface area (Å²) in [4.78, 5) is 0. The number of hydrogen-bond acceptors (Lipinski definition) is 3. The molecule has 0 saturated carbocycles. The monoisotopic (exact) mass is 198 g/mol. The van der Waals surface area contributed by atoms with Crippen molar-refractivity contribution in [2.75, 3.05) is 13.7 Å². The van der Waals surface area contributed by atoms with Gasteiger partial charge in [0.1, 0.15) is 12.7 Å². The van der Waals surface area contributed by atoms with E-state index in [1.807, 2.05) is 0 Å². The molecule has 0 aromatic heterocycles. The molecule has 3 heteroatoms. The van der Waals surface area contributed by atoms with E-state index in [4.69, 9.17) is 20.6 Å². The van der Waals surface area contributed by atoms with Crippen LogP contribution in [0.3, 0.4) is 0 Å². The van der Waals surface area contributed by atoms with E-state index in [2.05, 4.69) is 19.8 Å². The first-order valence-corrected chi connectivity index (χ1v) is 4.97. The smallest absolute Gasteiger partial charge is 0.184 e. The Bertz CT molecular complexity index is 207. The Morgan fingerprint density at radius 2 is 2.21 bits per heavy atom. The molecule has 0 unspecified atom stereocenters. The van der Waals surface area contributed by atoms with E-state index in [0.717, 1.165) is 6.42 Å². The fourth-order valence-corrected chi connectivity index (χ4v) is 1.87. The summed E-state index contributed by atoms with van der Waals surface area (Å²) in [5.74, 6) is 2.79. The second kappa shape index (κ2) is 5.35. The Hall–Kier alpha value is -0.560. The Balaban J connectivity index is 2.56. The van der Waals surface area contributed by atoms with Crippen molar-refractivity contribution in [3.8, 4) is 12.3 Å². The van der Waals surface area contributed by atoms with Crippen molar-refractivity contribution in [3.63, 3.8) is 0 Å². The van der Waals surface area contributed by atoms with E-state index in [0.29, 0.717) is 12.5 Å². The number of ether oxygens (including phenoxy) is 3. The van der Waals surface area contributed by atoms with Gasteiger partial charge >= 0.3 is 0 Å². The van der Waals surface area contributed by atoms with Gasteiger partial charge in [0.2, 0.25) is 0 Å². The van der Waals surface area contributed by atoms with Gasteiger partial charge in [-0.1, -0.05) is 19.8 Å². The largest absolute Gasteiger partial charge is 0.360 e. The predicted octanol–water partition coefficient (Wildman–Crippen LogP) is 1.42. The van der Waals surface area contributed by atoms with Gasteiger partial charge < -0.3 is 14.2 Å². The van der Waals surface area contributed by atoms with E-state index >= 15 is 0 Å². The predicted molar refractivity (Wildman–Crippen MR) is 53.7 cm³/mol. The topological polar surface area (TPSA) is 27.7 Å². The minimum atomic E-state index is -0.275. The summed E-state index contributed by atoms with van der Waals surface area (Å²) in [7, 11) is 1.63. The highest BCUT2D eigenvalue weighted by Gasteiger charge is 2.41. The first-order chi connectivity index (χ1) is 6.74. The van der Waals surface area contributed by atoms with Crippen LogP contribution in [0.4, 0.5) is 0 Å². The quantitative estimate of drug-likeness (QED) is 0.639. The lowest BCUT2D eigenvalue weighted by Gasteiger charge is -2.19. The van der Waals surface area contributed by atoms with Crippen molar-refractivity contribution >= 4 is 0 Å². The highest BCUT2D eigenvalue weighted by molar-refractivity contribution is 4.88. The number of hydrogen-bond donors (Lipinski definition) is 0. The Morgan fingerprint density at radius 1 is 1.50 bits per heavy atom. The van der Waals surface area contributed by atoms with Gasteiger partial charge in [0.15, 0.2) is 6.29 Å². The van der Waals surface area contributed by atoms with E-state index in [1.165, 1.54) is 0 Å². The fourth-order valence-electron chi connectivity index (χ4n) is 1.87. The summed E-state index contributed by atoms with van der Waals surface area (Å²) in [5.41, 5.74) is 0.